The summed E-state index contributed by atoms with van der Waals surface area (Å²) in [5, 5.41) is 4.59. The van der Waals surface area contributed by atoms with E-state index >= 15 is 0 Å². The highest BCUT2D eigenvalue weighted by Crippen LogP contribution is 2.44. The van der Waals surface area contributed by atoms with Gasteiger partial charge in [0.2, 0.25) is 5.72 Å². The lowest BCUT2D eigenvalue weighted by Gasteiger charge is -2.44. The van der Waals surface area contributed by atoms with Gasteiger partial charge in [-0.05, 0) is 32.9 Å². The highest BCUT2D eigenvalue weighted by molar-refractivity contribution is 5.81. The molecule has 2 N–H and O–H groups in total. The highest BCUT2D eigenvalue weighted by atomic mass is 16.5. The van der Waals surface area contributed by atoms with Gasteiger partial charge < -0.3 is 10.1 Å². The van der Waals surface area contributed by atoms with Crippen LogP contribution < -0.4 is 10.7 Å². The topological polar surface area (TPSA) is 53.6 Å². The Morgan fingerprint density at radius 2 is 1.62 bits per heavy atom. The summed E-state index contributed by atoms with van der Waals surface area (Å²) in [4.78, 5) is 12.7. The summed E-state index contributed by atoms with van der Waals surface area (Å²) in [7, 11) is 0. The summed E-state index contributed by atoms with van der Waals surface area (Å²) in [6, 6.07) is 19.2. The van der Waals surface area contributed by atoms with E-state index in [2.05, 4.69) is 10.7 Å². The van der Waals surface area contributed by atoms with Gasteiger partial charge in [-0.25, -0.2) is 4.79 Å². The summed E-state index contributed by atoms with van der Waals surface area (Å²) in [5.74, 6) is 0. The minimum atomic E-state index is -0.962. The van der Waals surface area contributed by atoms with Gasteiger partial charge in [0, 0.05) is 12.2 Å². The first-order valence-electron chi connectivity index (χ1n) is 8.15. The van der Waals surface area contributed by atoms with Crippen molar-refractivity contribution in [2.45, 2.75) is 32.0 Å². The van der Waals surface area contributed by atoms with Crippen molar-refractivity contribution in [3.05, 3.63) is 66.2 Å². The Kier molecular flexibility index (Phi) is 4.20. The summed E-state index contributed by atoms with van der Waals surface area (Å²) >= 11 is 0. The zero-order chi connectivity index (χ0) is 17.2. The van der Waals surface area contributed by atoms with Crippen LogP contribution in [0.5, 0.6) is 0 Å². The van der Waals surface area contributed by atoms with Gasteiger partial charge in [-0.3, -0.25) is 5.43 Å². The molecule has 0 saturated carbocycles. The summed E-state index contributed by atoms with van der Waals surface area (Å²) in [6.07, 6.45) is 0. The lowest BCUT2D eigenvalue weighted by Crippen LogP contribution is -2.58. The summed E-state index contributed by atoms with van der Waals surface area (Å²) in [5.41, 5.74) is 3.37. The largest absolute Gasteiger partial charge is 0.348 e. The number of carbonyl (C=O) groups excluding carboxylic acids is 1. The van der Waals surface area contributed by atoms with Crippen LogP contribution in [0.4, 0.5) is 10.5 Å². The molecule has 1 aliphatic rings. The van der Waals surface area contributed by atoms with E-state index in [0.717, 1.165) is 11.3 Å². The number of carbonyl (C=O) groups is 1. The third-order valence-electron chi connectivity index (χ3n) is 4.32. The first-order chi connectivity index (χ1) is 11.5. The number of nitrogens with one attached hydrogen (secondary N) is 2. The van der Waals surface area contributed by atoms with Crippen LogP contribution in [0.2, 0.25) is 0 Å². The molecule has 24 heavy (non-hydrogen) atoms. The van der Waals surface area contributed by atoms with E-state index in [0.29, 0.717) is 6.61 Å². The number of benzene rings is 2. The Bertz CT molecular complexity index is 703. The number of nitrogens with zero attached hydrogens (tertiary/aromatic N) is 1. The molecule has 1 atom stereocenters. The molecule has 1 unspecified atom stereocenters. The smallest absolute Gasteiger partial charge is 0.339 e. The molecule has 1 aliphatic heterocycles. The maximum absolute atomic E-state index is 12.7. The van der Waals surface area contributed by atoms with Crippen LogP contribution in [-0.4, -0.2) is 23.2 Å². The third kappa shape index (κ3) is 2.51. The average molecular weight is 325 g/mol. The van der Waals surface area contributed by atoms with Crippen LogP contribution in [-0.2, 0) is 10.5 Å². The van der Waals surface area contributed by atoms with Crippen molar-refractivity contribution in [1.82, 2.24) is 10.3 Å². The van der Waals surface area contributed by atoms with Gasteiger partial charge in [0.15, 0.2) is 0 Å². The number of urea groups is 1. The molecule has 5 heteroatoms. The quantitative estimate of drug-likeness (QED) is 0.881. The predicted molar refractivity (Wildman–Crippen MR) is 94.3 cm³/mol. The molecule has 3 rings (SSSR count). The molecule has 0 spiro atoms. The molecular weight excluding hydrogens is 302 g/mol. The number of hydrazine groups is 1. The molecule has 5 nitrogen and oxygen atoms in total. The second-order valence-electron chi connectivity index (χ2n) is 6.31. The number of hydrogen-bond acceptors (Lipinski definition) is 3. The molecule has 2 amide bonds. The summed E-state index contributed by atoms with van der Waals surface area (Å²) < 4.78 is 6.23. The van der Waals surface area contributed by atoms with Crippen molar-refractivity contribution in [2.75, 3.05) is 12.0 Å². The van der Waals surface area contributed by atoms with Crippen molar-refractivity contribution in [3.63, 3.8) is 0 Å². The standard InChI is InChI=1S/C19H23N3O2/c1-4-24-19(15-11-7-5-8-12-15)18(2,3)20-17(23)22(19)21-16-13-9-6-10-14-16/h5-14,21H,4H2,1-3H3,(H,20,23). The Morgan fingerprint density at radius 3 is 2.21 bits per heavy atom. The first kappa shape index (κ1) is 16.3. The number of anilines is 1. The van der Waals surface area contributed by atoms with E-state index < -0.39 is 11.3 Å². The molecule has 1 heterocycles. The van der Waals surface area contributed by atoms with Crippen molar-refractivity contribution in [2.24, 2.45) is 0 Å². The van der Waals surface area contributed by atoms with Crippen LogP contribution in [0.25, 0.3) is 0 Å². The van der Waals surface area contributed by atoms with Crippen LogP contribution in [0.15, 0.2) is 60.7 Å². The minimum absolute atomic E-state index is 0.221. The van der Waals surface area contributed by atoms with E-state index in [9.17, 15) is 4.79 Å². The molecule has 1 fully saturated rings. The fraction of sp³-hybridized carbons (Fsp3) is 0.316. The van der Waals surface area contributed by atoms with E-state index in [1.54, 1.807) is 5.01 Å². The zero-order valence-electron chi connectivity index (χ0n) is 14.2. The van der Waals surface area contributed by atoms with Crippen molar-refractivity contribution in [3.8, 4) is 0 Å². The molecule has 1 saturated heterocycles. The maximum Gasteiger partial charge on any atom is 0.339 e. The normalized spacial score (nSPS) is 22.3. The van der Waals surface area contributed by atoms with Gasteiger partial charge >= 0.3 is 6.03 Å². The van der Waals surface area contributed by atoms with Crippen molar-refractivity contribution < 1.29 is 9.53 Å². The molecule has 2 aromatic carbocycles. The Balaban J connectivity index is 2.11. The molecule has 0 bridgehead atoms. The maximum atomic E-state index is 12.7. The third-order valence-corrected chi connectivity index (χ3v) is 4.32. The first-order valence-corrected chi connectivity index (χ1v) is 8.15. The van der Waals surface area contributed by atoms with Gasteiger partial charge in [0.05, 0.1) is 11.2 Å². The SMILES string of the molecule is CCOC1(c2ccccc2)N(Nc2ccccc2)C(=O)NC1(C)C. The molecule has 0 aliphatic carbocycles. The monoisotopic (exact) mass is 325 g/mol. The highest BCUT2D eigenvalue weighted by Gasteiger charge is 2.61. The van der Waals surface area contributed by atoms with Crippen molar-refractivity contribution >= 4 is 11.7 Å². The number of rotatable bonds is 5. The zero-order valence-corrected chi connectivity index (χ0v) is 14.2. The molecule has 126 valence electrons. The van der Waals surface area contributed by atoms with Gasteiger partial charge in [-0.15, -0.1) is 0 Å². The van der Waals surface area contributed by atoms with Crippen LogP contribution >= 0.6 is 0 Å². The van der Waals surface area contributed by atoms with Crippen LogP contribution in [0.3, 0.4) is 0 Å². The summed E-state index contributed by atoms with van der Waals surface area (Å²) in [6.45, 7) is 6.35. The van der Waals surface area contributed by atoms with Gasteiger partial charge in [-0.1, -0.05) is 48.5 Å². The second kappa shape index (κ2) is 6.17. The Hall–Kier alpha value is -2.53. The molecular formula is C19H23N3O2. The van der Waals surface area contributed by atoms with E-state index in [-0.39, 0.29) is 6.03 Å². The molecule has 0 aromatic heterocycles. The van der Waals surface area contributed by atoms with Crippen LogP contribution in [0.1, 0.15) is 26.3 Å². The lowest BCUT2D eigenvalue weighted by atomic mass is 9.85. The molecule has 2 aromatic rings. The Morgan fingerprint density at radius 1 is 1.04 bits per heavy atom. The Labute approximate surface area is 142 Å². The van der Waals surface area contributed by atoms with E-state index in [1.165, 1.54) is 0 Å². The number of hydrogen-bond donors (Lipinski definition) is 2. The predicted octanol–water partition coefficient (Wildman–Crippen LogP) is 3.71. The van der Waals surface area contributed by atoms with Crippen molar-refractivity contribution in [1.29, 1.82) is 0 Å². The number of para-hydroxylation sites is 1. The van der Waals surface area contributed by atoms with Crippen LogP contribution in [0, 0.1) is 0 Å². The van der Waals surface area contributed by atoms with E-state index in [4.69, 9.17) is 4.74 Å². The number of amides is 2. The van der Waals surface area contributed by atoms with Gasteiger partial charge in [0.25, 0.3) is 0 Å². The fourth-order valence-corrected chi connectivity index (χ4v) is 3.29. The fourth-order valence-electron chi connectivity index (χ4n) is 3.29. The van der Waals surface area contributed by atoms with E-state index in [1.807, 2.05) is 81.4 Å². The minimum Gasteiger partial charge on any atom is -0.348 e. The van der Waals surface area contributed by atoms with Gasteiger partial charge in [0.1, 0.15) is 0 Å². The van der Waals surface area contributed by atoms with Gasteiger partial charge in [-0.2, -0.15) is 5.01 Å². The average Bonchev–Trinajstić information content (AvgIpc) is 2.77. The second-order valence-corrected chi connectivity index (χ2v) is 6.31. The molecule has 0 radical (unpaired) electrons. The number of ether oxygens (including phenoxy) is 1. The lowest BCUT2D eigenvalue weighted by molar-refractivity contribution is -0.152.